The second-order valence-corrected chi connectivity index (χ2v) is 8.08. The van der Waals surface area contributed by atoms with Crippen molar-refractivity contribution in [2.24, 2.45) is 4.99 Å². The average Bonchev–Trinajstić information content (AvgIpc) is 3.43. The van der Waals surface area contributed by atoms with Crippen LogP contribution in [0.1, 0.15) is 41.3 Å². The lowest BCUT2D eigenvalue weighted by Crippen LogP contribution is -2.42. The van der Waals surface area contributed by atoms with Gasteiger partial charge >= 0.3 is 0 Å². The third-order valence-corrected chi connectivity index (χ3v) is 6.26. The number of ether oxygens (including phenoxy) is 1. The van der Waals surface area contributed by atoms with Gasteiger partial charge < -0.3 is 15.4 Å². The van der Waals surface area contributed by atoms with Gasteiger partial charge in [-0.2, -0.15) is 0 Å². The number of benzene rings is 1. The monoisotopic (exact) mass is 529 g/mol. The highest BCUT2D eigenvalue weighted by molar-refractivity contribution is 14.0. The second-order valence-electron chi connectivity index (χ2n) is 6.88. The molecule has 0 saturated carbocycles. The first kappa shape index (κ1) is 23.9. The van der Waals surface area contributed by atoms with E-state index in [0.29, 0.717) is 6.54 Å². The van der Waals surface area contributed by atoms with E-state index in [1.54, 1.807) is 18.4 Å². The number of likely N-dealkylation sites (tertiary alicyclic amines) is 1. The summed E-state index contributed by atoms with van der Waals surface area (Å²) < 4.78 is 5.63. The number of guanidine groups is 1. The molecule has 1 aromatic heterocycles. The number of rotatable bonds is 8. The summed E-state index contributed by atoms with van der Waals surface area (Å²) in [6.45, 7) is 5.86. The van der Waals surface area contributed by atoms with Gasteiger partial charge in [0.05, 0.1) is 19.7 Å². The van der Waals surface area contributed by atoms with E-state index in [9.17, 15) is 0 Å². The van der Waals surface area contributed by atoms with Crippen LogP contribution in [0, 0.1) is 0 Å². The van der Waals surface area contributed by atoms with E-state index in [-0.39, 0.29) is 30.0 Å². The zero-order valence-electron chi connectivity index (χ0n) is 17.5. The first-order valence-corrected chi connectivity index (χ1v) is 10.8. The summed E-state index contributed by atoms with van der Waals surface area (Å²) in [4.78, 5) is 12.7. The highest BCUT2D eigenvalue weighted by Gasteiger charge is 2.26. The van der Waals surface area contributed by atoms with Gasteiger partial charge in [0.25, 0.3) is 0 Å². The summed E-state index contributed by atoms with van der Waals surface area (Å²) >= 11 is 1.75. The third-order valence-electron chi connectivity index (χ3n) is 5.12. The van der Waals surface area contributed by atoms with E-state index in [1.807, 2.05) is 25.4 Å². The molecule has 8 heteroatoms. The maximum Gasteiger partial charge on any atom is 0.191 e. The molecule has 1 aromatic carbocycles. The Morgan fingerprint density at radius 2 is 2.03 bits per heavy atom. The minimum Gasteiger partial charge on any atom is -0.496 e. The molecule has 1 fully saturated rings. The van der Waals surface area contributed by atoms with Crippen molar-refractivity contribution < 1.29 is 4.74 Å². The fourth-order valence-electron chi connectivity index (χ4n) is 3.60. The fourth-order valence-corrected chi connectivity index (χ4v) is 4.40. The van der Waals surface area contributed by atoms with E-state index in [1.165, 1.54) is 23.3 Å². The van der Waals surface area contributed by atoms with Crippen LogP contribution in [-0.2, 0) is 13.0 Å². The van der Waals surface area contributed by atoms with E-state index in [2.05, 4.69) is 44.6 Å². The van der Waals surface area contributed by atoms with Gasteiger partial charge in [0.2, 0.25) is 0 Å². The molecule has 2 N–H and O–H groups in total. The maximum absolute atomic E-state index is 5.63. The van der Waals surface area contributed by atoms with Gasteiger partial charge in [-0.1, -0.05) is 25.1 Å². The molecule has 0 spiro atoms. The molecule has 1 aliphatic rings. The van der Waals surface area contributed by atoms with Crippen molar-refractivity contribution >= 4 is 41.3 Å². The molecule has 29 heavy (non-hydrogen) atoms. The van der Waals surface area contributed by atoms with Crippen LogP contribution in [0.5, 0.6) is 5.75 Å². The first-order chi connectivity index (χ1) is 13.7. The minimum atomic E-state index is 0. The van der Waals surface area contributed by atoms with E-state index < -0.39 is 0 Å². The average molecular weight is 529 g/mol. The first-order valence-electron chi connectivity index (χ1n) is 10.00. The Labute approximate surface area is 195 Å². The molecular weight excluding hydrogens is 497 g/mol. The van der Waals surface area contributed by atoms with Crippen molar-refractivity contribution in [2.45, 2.75) is 38.8 Å². The molecular formula is C21H32IN5OS. The van der Waals surface area contributed by atoms with Crippen molar-refractivity contribution in [3.63, 3.8) is 0 Å². The molecule has 6 nitrogen and oxygen atoms in total. The molecule has 1 unspecified atom stereocenters. The van der Waals surface area contributed by atoms with Crippen molar-refractivity contribution in [1.29, 1.82) is 0 Å². The Hall–Kier alpha value is -1.39. The Morgan fingerprint density at radius 1 is 1.28 bits per heavy atom. The molecule has 1 saturated heterocycles. The standard InChI is InChI=1S/C21H31N5OS.HI/c1-4-16-13-23-20(28-16)15-25-21(22-2)24-14-18(26-11-7-8-12-26)17-9-5-6-10-19(17)27-3;/h5-6,9-10,13,18H,4,7-8,11-12,14-15H2,1-3H3,(H2,22,24,25);1H. The molecule has 3 rings (SSSR count). The van der Waals surface area contributed by atoms with Gasteiger partial charge in [0.15, 0.2) is 5.96 Å². The lowest BCUT2D eigenvalue weighted by Gasteiger charge is -2.30. The summed E-state index contributed by atoms with van der Waals surface area (Å²) in [6.07, 6.45) is 5.49. The molecule has 1 aliphatic heterocycles. The number of nitrogens with zero attached hydrogens (tertiary/aromatic N) is 3. The summed E-state index contributed by atoms with van der Waals surface area (Å²) in [5.74, 6) is 1.74. The zero-order chi connectivity index (χ0) is 19.8. The summed E-state index contributed by atoms with van der Waals surface area (Å²) in [5, 5.41) is 7.98. The van der Waals surface area contributed by atoms with Crippen LogP contribution in [0.3, 0.4) is 0 Å². The van der Waals surface area contributed by atoms with Crippen molar-refractivity contribution in [1.82, 2.24) is 20.5 Å². The van der Waals surface area contributed by atoms with Crippen molar-refractivity contribution in [3.05, 3.63) is 45.9 Å². The molecule has 0 bridgehead atoms. The lowest BCUT2D eigenvalue weighted by atomic mass is 10.0. The maximum atomic E-state index is 5.63. The third kappa shape index (κ3) is 6.55. The van der Waals surface area contributed by atoms with Crippen LogP contribution >= 0.6 is 35.3 Å². The quantitative estimate of drug-likeness (QED) is 0.309. The lowest BCUT2D eigenvalue weighted by molar-refractivity contribution is 0.239. The van der Waals surface area contributed by atoms with Gasteiger partial charge in [-0.25, -0.2) is 4.98 Å². The number of aryl methyl sites for hydroxylation is 1. The Balaban J connectivity index is 0.00000300. The smallest absolute Gasteiger partial charge is 0.191 e. The van der Waals surface area contributed by atoms with Crippen LogP contribution in [0.2, 0.25) is 0 Å². The van der Waals surface area contributed by atoms with Crippen LogP contribution in [-0.4, -0.2) is 49.6 Å². The second kappa shape index (κ2) is 12.3. The van der Waals surface area contributed by atoms with Crippen LogP contribution < -0.4 is 15.4 Å². The number of hydrogen-bond acceptors (Lipinski definition) is 5. The largest absolute Gasteiger partial charge is 0.496 e. The van der Waals surface area contributed by atoms with Crippen molar-refractivity contribution in [2.75, 3.05) is 33.8 Å². The number of thiazole rings is 1. The Morgan fingerprint density at radius 3 is 2.69 bits per heavy atom. The number of hydrogen-bond donors (Lipinski definition) is 2. The Bertz CT molecular complexity index is 776. The normalized spacial score (nSPS) is 15.6. The number of methoxy groups -OCH3 is 1. The number of halogens is 1. The minimum absolute atomic E-state index is 0. The summed E-state index contributed by atoms with van der Waals surface area (Å²) in [6, 6.07) is 8.57. The van der Waals surface area contributed by atoms with Gasteiger partial charge in [-0.05, 0) is 38.4 Å². The summed E-state index contributed by atoms with van der Waals surface area (Å²) in [5.41, 5.74) is 1.22. The zero-order valence-corrected chi connectivity index (χ0v) is 20.6. The number of aromatic nitrogens is 1. The van der Waals surface area contributed by atoms with Gasteiger partial charge in [0.1, 0.15) is 10.8 Å². The molecule has 2 heterocycles. The van der Waals surface area contributed by atoms with E-state index in [4.69, 9.17) is 4.74 Å². The molecule has 0 radical (unpaired) electrons. The number of para-hydroxylation sites is 1. The highest BCUT2D eigenvalue weighted by atomic mass is 127. The van der Waals surface area contributed by atoms with Crippen LogP contribution in [0.25, 0.3) is 0 Å². The van der Waals surface area contributed by atoms with Crippen LogP contribution in [0.4, 0.5) is 0 Å². The molecule has 160 valence electrons. The molecule has 0 amide bonds. The predicted octanol–water partition coefficient (Wildman–Crippen LogP) is 3.83. The SMILES string of the molecule is CCc1cnc(CNC(=NC)NCC(c2ccccc2OC)N2CCCC2)s1.I. The highest BCUT2D eigenvalue weighted by Crippen LogP contribution is 2.31. The van der Waals surface area contributed by atoms with Crippen LogP contribution in [0.15, 0.2) is 35.5 Å². The van der Waals surface area contributed by atoms with Gasteiger partial charge in [-0.15, -0.1) is 35.3 Å². The summed E-state index contributed by atoms with van der Waals surface area (Å²) in [7, 11) is 3.55. The predicted molar refractivity (Wildman–Crippen MR) is 132 cm³/mol. The number of aliphatic imine (C=N–C) groups is 1. The molecule has 2 aromatic rings. The topological polar surface area (TPSA) is 61.8 Å². The molecule has 1 atom stereocenters. The van der Waals surface area contributed by atoms with E-state index >= 15 is 0 Å². The number of nitrogens with one attached hydrogen (secondary N) is 2. The van der Waals surface area contributed by atoms with Crippen molar-refractivity contribution in [3.8, 4) is 5.75 Å². The Kier molecular flexibility index (Phi) is 10.2. The van der Waals surface area contributed by atoms with Gasteiger partial charge in [-0.3, -0.25) is 9.89 Å². The fraction of sp³-hybridized carbons (Fsp3) is 0.524. The van der Waals surface area contributed by atoms with E-state index in [0.717, 1.165) is 42.8 Å². The van der Waals surface area contributed by atoms with Gasteiger partial charge in [0, 0.05) is 30.2 Å². The molecule has 0 aliphatic carbocycles.